The predicted octanol–water partition coefficient (Wildman–Crippen LogP) is 0.880. The van der Waals surface area contributed by atoms with Gasteiger partial charge >= 0.3 is 0 Å². The molecule has 2 aromatic carbocycles. The normalized spacial score (nSPS) is 13.8. The van der Waals surface area contributed by atoms with E-state index in [4.69, 9.17) is 16.7 Å². The molecule has 0 aromatic heterocycles. The van der Waals surface area contributed by atoms with E-state index in [9.17, 15) is 13.2 Å². The first-order valence-electron chi connectivity index (χ1n) is 8.13. The predicted molar refractivity (Wildman–Crippen MR) is 101 cm³/mol. The lowest BCUT2D eigenvalue weighted by Crippen LogP contribution is -3.08. The van der Waals surface area contributed by atoms with Gasteiger partial charge in [0.25, 0.3) is 5.91 Å². The second kappa shape index (κ2) is 8.64. The Morgan fingerprint density at radius 2 is 1.73 bits per heavy atom. The fourth-order valence-electron chi connectivity index (χ4n) is 2.61. The third-order valence-corrected chi connectivity index (χ3v) is 5.15. The van der Waals surface area contributed by atoms with Crippen LogP contribution in [0.5, 0.6) is 0 Å². The zero-order valence-electron chi connectivity index (χ0n) is 14.7. The molecule has 0 bridgehead atoms. The van der Waals surface area contributed by atoms with Gasteiger partial charge in [0.05, 0.1) is 18.0 Å². The molecule has 0 aliphatic rings. The molecule has 4 N–H and O–H groups in total. The van der Waals surface area contributed by atoms with E-state index >= 15 is 0 Å². The number of halogens is 1. The highest BCUT2D eigenvalue weighted by molar-refractivity contribution is 7.89. The molecule has 0 fully saturated rings. The SMILES string of the molecule is C[C@@H](NC(=O)C[NH+](C)Cc1ccc(Cl)cc1)c1ccc(S(N)(=O)=O)cc1. The van der Waals surface area contributed by atoms with Gasteiger partial charge in [-0.1, -0.05) is 35.9 Å². The fraction of sp³-hybridized carbons (Fsp3) is 0.278. The molecular weight excluding hydrogens is 374 g/mol. The van der Waals surface area contributed by atoms with Crippen molar-refractivity contribution in [2.24, 2.45) is 5.14 Å². The lowest BCUT2D eigenvalue weighted by atomic mass is 10.1. The largest absolute Gasteiger partial charge is 0.345 e. The molecule has 1 unspecified atom stereocenters. The highest BCUT2D eigenvalue weighted by Crippen LogP contribution is 2.15. The molecule has 6 nitrogen and oxygen atoms in total. The van der Waals surface area contributed by atoms with Crippen molar-refractivity contribution in [3.63, 3.8) is 0 Å². The molecule has 0 radical (unpaired) electrons. The molecular formula is C18H23ClN3O3S+. The monoisotopic (exact) mass is 396 g/mol. The van der Waals surface area contributed by atoms with Gasteiger partial charge in [-0.05, 0) is 36.8 Å². The van der Waals surface area contributed by atoms with Crippen LogP contribution in [0.4, 0.5) is 0 Å². The van der Waals surface area contributed by atoms with Crippen LogP contribution in [0.1, 0.15) is 24.1 Å². The van der Waals surface area contributed by atoms with E-state index in [0.717, 1.165) is 16.0 Å². The number of amides is 1. The zero-order valence-corrected chi connectivity index (χ0v) is 16.3. The van der Waals surface area contributed by atoms with Crippen LogP contribution in [0.3, 0.4) is 0 Å². The lowest BCUT2D eigenvalue weighted by Gasteiger charge is -2.17. The molecule has 2 aromatic rings. The van der Waals surface area contributed by atoms with Crippen molar-refractivity contribution >= 4 is 27.5 Å². The van der Waals surface area contributed by atoms with Gasteiger partial charge in [0.15, 0.2) is 6.54 Å². The van der Waals surface area contributed by atoms with Gasteiger partial charge in [-0.3, -0.25) is 4.79 Å². The molecule has 26 heavy (non-hydrogen) atoms. The fourth-order valence-corrected chi connectivity index (χ4v) is 3.25. The highest BCUT2D eigenvalue weighted by atomic mass is 35.5. The molecule has 1 amide bonds. The van der Waals surface area contributed by atoms with Gasteiger partial charge < -0.3 is 10.2 Å². The number of nitrogens with one attached hydrogen (secondary N) is 2. The Morgan fingerprint density at radius 3 is 2.27 bits per heavy atom. The minimum Gasteiger partial charge on any atom is -0.345 e. The van der Waals surface area contributed by atoms with E-state index in [1.54, 1.807) is 12.1 Å². The summed E-state index contributed by atoms with van der Waals surface area (Å²) < 4.78 is 22.6. The summed E-state index contributed by atoms with van der Waals surface area (Å²) in [6.45, 7) is 2.88. The van der Waals surface area contributed by atoms with E-state index in [1.807, 2.05) is 38.2 Å². The summed E-state index contributed by atoms with van der Waals surface area (Å²) in [5, 5.41) is 8.69. The number of carbonyl (C=O) groups is 1. The number of rotatable bonds is 7. The van der Waals surface area contributed by atoms with E-state index < -0.39 is 10.0 Å². The maximum absolute atomic E-state index is 12.2. The summed E-state index contributed by atoms with van der Waals surface area (Å²) in [6, 6.07) is 13.5. The number of hydrogen-bond acceptors (Lipinski definition) is 3. The van der Waals surface area contributed by atoms with Gasteiger partial charge in [0.2, 0.25) is 10.0 Å². The number of benzene rings is 2. The molecule has 0 aliphatic heterocycles. The first-order chi connectivity index (χ1) is 12.1. The summed E-state index contributed by atoms with van der Waals surface area (Å²) >= 11 is 5.87. The maximum Gasteiger partial charge on any atom is 0.275 e. The summed E-state index contributed by atoms with van der Waals surface area (Å²) in [7, 11) is -1.77. The van der Waals surface area contributed by atoms with Crippen LogP contribution < -0.4 is 15.4 Å². The molecule has 2 atom stereocenters. The average Bonchev–Trinajstić information content (AvgIpc) is 2.56. The summed E-state index contributed by atoms with van der Waals surface area (Å²) in [5.41, 5.74) is 1.91. The van der Waals surface area contributed by atoms with Gasteiger partial charge in [0.1, 0.15) is 6.54 Å². The van der Waals surface area contributed by atoms with Crippen molar-refractivity contribution in [3.8, 4) is 0 Å². The van der Waals surface area contributed by atoms with Crippen LogP contribution in [-0.4, -0.2) is 27.9 Å². The number of nitrogens with two attached hydrogens (primary N) is 1. The topological polar surface area (TPSA) is 93.7 Å². The van der Waals surface area contributed by atoms with E-state index in [-0.39, 0.29) is 16.8 Å². The molecule has 0 spiro atoms. The number of hydrogen-bond donors (Lipinski definition) is 3. The van der Waals surface area contributed by atoms with Crippen molar-refractivity contribution in [1.29, 1.82) is 0 Å². The number of likely N-dealkylation sites (N-methyl/N-ethyl adjacent to an activating group) is 1. The van der Waals surface area contributed by atoms with Crippen LogP contribution in [0.25, 0.3) is 0 Å². The van der Waals surface area contributed by atoms with E-state index in [0.29, 0.717) is 18.1 Å². The smallest absolute Gasteiger partial charge is 0.275 e. The molecule has 8 heteroatoms. The number of carbonyl (C=O) groups excluding carboxylic acids is 1. The Bertz CT molecular complexity index is 852. The van der Waals surface area contributed by atoms with Crippen molar-refractivity contribution < 1.29 is 18.1 Å². The molecule has 0 aliphatic carbocycles. The lowest BCUT2D eigenvalue weighted by molar-refractivity contribution is -0.885. The highest BCUT2D eigenvalue weighted by Gasteiger charge is 2.15. The van der Waals surface area contributed by atoms with Crippen LogP contribution in [0, 0.1) is 0 Å². The summed E-state index contributed by atoms with van der Waals surface area (Å²) in [6.07, 6.45) is 0. The van der Waals surface area contributed by atoms with E-state index in [2.05, 4.69) is 5.32 Å². The standard InChI is InChI=1S/C18H22ClN3O3S/c1-13(15-5-9-17(10-6-15)26(20,24)25)21-18(23)12-22(2)11-14-3-7-16(19)8-4-14/h3-10,13H,11-12H2,1-2H3,(H,21,23)(H2,20,24,25)/p+1/t13-/m1/s1. The van der Waals surface area contributed by atoms with Crippen molar-refractivity contribution in [2.75, 3.05) is 13.6 Å². The minimum absolute atomic E-state index is 0.0481. The molecule has 2 rings (SSSR count). The van der Waals surface area contributed by atoms with Gasteiger partial charge in [-0.15, -0.1) is 0 Å². The Hall–Kier alpha value is -1.93. The molecule has 0 saturated carbocycles. The Kier molecular flexibility index (Phi) is 6.77. The van der Waals surface area contributed by atoms with Crippen LogP contribution in [0.15, 0.2) is 53.4 Å². The van der Waals surface area contributed by atoms with Crippen LogP contribution in [-0.2, 0) is 21.4 Å². The number of quaternary nitrogens is 1. The third kappa shape index (κ3) is 6.10. The van der Waals surface area contributed by atoms with E-state index in [1.165, 1.54) is 12.1 Å². The summed E-state index contributed by atoms with van der Waals surface area (Å²) in [4.78, 5) is 13.3. The number of primary sulfonamides is 1. The zero-order chi connectivity index (χ0) is 19.3. The van der Waals surface area contributed by atoms with Crippen molar-refractivity contribution in [1.82, 2.24) is 5.32 Å². The Balaban J connectivity index is 1.89. The second-order valence-corrected chi connectivity index (χ2v) is 8.34. The van der Waals surface area contributed by atoms with Crippen molar-refractivity contribution in [2.45, 2.75) is 24.4 Å². The van der Waals surface area contributed by atoms with Gasteiger partial charge in [-0.2, -0.15) is 0 Å². The average molecular weight is 397 g/mol. The number of sulfonamides is 1. The molecule has 0 heterocycles. The van der Waals surface area contributed by atoms with Gasteiger partial charge in [0, 0.05) is 10.6 Å². The van der Waals surface area contributed by atoms with Gasteiger partial charge in [-0.25, -0.2) is 13.6 Å². The van der Waals surface area contributed by atoms with Crippen molar-refractivity contribution in [3.05, 3.63) is 64.7 Å². The minimum atomic E-state index is -3.72. The third-order valence-electron chi connectivity index (χ3n) is 3.97. The Morgan fingerprint density at radius 1 is 1.15 bits per heavy atom. The second-order valence-electron chi connectivity index (χ2n) is 6.34. The quantitative estimate of drug-likeness (QED) is 0.648. The Labute approximate surface area is 159 Å². The molecule has 0 saturated heterocycles. The summed E-state index contributed by atoms with van der Waals surface area (Å²) in [5.74, 6) is -0.0838. The molecule has 140 valence electrons. The van der Waals surface area contributed by atoms with Crippen LogP contribution in [0.2, 0.25) is 5.02 Å². The van der Waals surface area contributed by atoms with Crippen LogP contribution >= 0.6 is 11.6 Å². The first-order valence-corrected chi connectivity index (χ1v) is 10.1. The first kappa shape index (κ1) is 20.4. The maximum atomic E-state index is 12.2.